The van der Waals surface area contributed by atoms with Crippen LogP contribution in [-0.2, 0) is 9.53 Å². The maximum atomic E-state index is 12.9. The van der Waals surface area contributed by atoms with E-state index in [0.29, 0.717) is 5.92 Å². The van der Waals surface area contributed by atoms with Crippen LogP contribution in [0.25, 0.3) is 0 Å². The number of carbonyl (C=O) groups is 1. The van der Waals surface area contributed by atoms with Crippen LogP contribution in [0.15, 0.2) is 59.8 Å². The molecule has 0 radical (unpaired) electrons. The molecule has 0 aromatic heterocycles. The van der Waals surface area contributed by atoms with Crippen LogP contribution in [0.5, 0.6) is 0 Å². The number of methoxy groups -OCH3 is 1. The first-order valence-electron chi connectivity index (χ1n) is 7.33. The van der Waals surface area contributed by atoms with E-state index < -0.39 is 5.60 Å². The lowest BCUT2D eigenvalue weighted by atomic mass is 9.61. The predicted octanol–water partition coefficient (Wildman–Crippen LogP) is 3.15. The second-order valence-electron chi connectivity index (χ2n) is 5.96. The zero-order valence-corrected chi connectivity index (χ0v) is 11.6. The average Bonchev–Trinajstić information content (AvgIpc) is 2.95. The van der Waals surface area contributed by atoms with Gasteiger partial charge >= 0.3 is 0 Å². The Hall–Kier alpha value is -1.67. The van der Waals surface area contributed by atoms with Gasteiger partial charge in [-0.05, 0) is 24.3 Å². The summed E-state index contributed by atoms with van der Waals surface area (Å²) in [5, 5.41) is 0. The van der Waals surface area contributed by atoms with Crippen LogP contribution >= 0.6 is 0 Å². The Morgan fingerprint density at radius 2 is 1.55 bits per heavy atom. The third-order valence-corrected chi connectivity index (χ3v) is 4.91. The molecule has 0 spiro atoms. The summed E-state index contributed by atoms with van der Waals surface area (Å²) in [7, 11) is 1.69. The fraction of sp³-hybridized carbons (Fsp3) is 0.389. The monoisotopic (exact) mass is 266 g/mol. The predicted molar refractivity (Wildman–Crippen MR) is 78.0 cm³/mol. The van der Waals surface area contributed by atoms with E-state index in [0.717, 1.165) is 18.4 Å². The molecule has 0 aromatic carbocycles. The topological polar surface area (TPSA) is 26.3 Å². The molecule has 4 aliphatic rings. The molecule has 4 aliphatic carbocycles. The van der Waals surface area contributed by atoms with E-state index in [4.69, 9.17) is 4.74 Å². The fourth-order valence-corrected chi connectivity index (χ4v) is 3.85. The summed E-state index contributed by atoms with van der Waals surface area (Å²) in [5.74, 6) is 0.968. The maximum absolute atomic E-state index is 12.9. The molecule has 1 saturated carbocycles. The number of hydrogen-bond acceptors (Lipinski definition) is 2. The van der Waals surface area contributed by atoms with E-state index in [1.165, 1.54) is 5.57 Å². The molecule has 0 amide bonds. The summed E-state index contributed by atoms with van der Waals surface area (Å²) in [6.45, 7) is 0. The molecule has 2 nitrogen and oxygen atoms in total. The lowest BCUT2D eigenvalue weighted by Crippen LogP contribution is -2.57. The highest BCUT2D eigenvalue weighted by atomic mass is 16.5. The number of ketones is 1. The van der Waals surface area contributed by atoms with Gasteiger partial charge in [-0.15, -0.1) is 0 Å². The SMILES string of the molecule is COC1(C2CC2)C(=O)C(C2C=CC=C2)=C1C1C=CC=C1. The van der Waals surface area contributed by atoms with Crippen molar-refractivity contribution in [3.63, 3.8) is 0 Å². The highest BCUT2D eigenvalue weighted by molar-refractivity contribution is 6.14. The standard InChI is InChI=1S/C18H18O2/c1-20-18(14-10-11-14)16(13-8-4-5-9-13)15(17(18)19)12-6-2-3-7-12/h2-9,12-14H,10-11H2,1H3. The smallest absolute Gasteiger partial charge is 0.196 e. The summed E-state index contributed by atoms with van der Waals surface area (Å²) >= 11 is 0. The van der Waals surface area contributed by atoms with Crippen molar-refractivity contribution in [2.75, 3.05) is 7.11 Å². The van der Waals surface area contributed by atoms with E-state index in [2.05, 4.69) is 36.5 Å². The Balaban J connectivity index is 1.84. The Bertz CT molecular complexity index is 589. The molecule has 0 aromatic rings. The lowest BCUT2D eigenvalue weighted by Gasteiger charge is -2.46. The van der Waals surface area contributed by atoms with E-state index in [1.54, 1.807) is 7.11 Å². The minimum absolute atomic E-state index is 0.141. The third kappa shape index (κ3) is 1.40. The van der Waals surface area contributed by atoms with Gasteiger partial charge in [-0.3, -0.25) is 4.79 Å². The molecule has 20 heavy (non-hydrogen) atoms. The van der Waals surface area contributed by atoms with E-state index in [1.807, 2.05) is 12.2 Å². The molecule has 2 heteroatoms. The van der Waals surface area contributed by atoms with E-state index in [-0.39, 0.29) is 17.6 Å². The van der Waals surface area contributed by atoms with E-state index in [9.17, 15) is 4.79 Å². The minimum Gasteiger partial charge on any atom is -0.365 e. The van der Waals surface area contributed by atoms with Crippen LogP contribution in [0.4, 0.5) is 0 Å². The average molecular weight is 266 g/mol. The zero-order chi connectivity index (χ0) is 13.7. The van der Waals surface area contributed by atoms with Crippen LogP contribution in [-0.4, -0.2) is 18.5 Å². The molecule has 0 aliphatic heterocycles. The van der Waals surface area contributed by atoms with Gasteiger partial charge in [-0.25, -0.2) is 0 Å². The quantitative estimate of drug-likeness (QED) is 0.781. The van der Waals surface area contributed by atoms with Gasteiger partial charge < -0.3 is 4.74 Å². The van der Waals surface area contributed by atoms with Crippen LogP contribution in [0.2, 0.25) is 0 Å². The minimum atomic E-state index is -0.636. The molecule has 1 fully saturated rings. The van der Waals surface area contributed by atoms with Crippen molar-refractivity contribution in [2.45, 2.75) is 18.4 Å². The summed E-state index contributed by atoms with van der Waals surface area (Å²) < 4.78 is 5.80. The maximum Gasteiger partial charge on any atom is 0.196 e. The van der Waals surface area contributed by atoms with Gasteiger partial charge in [0.05, 0.1) is 0 Å². The van der Waals surface area contributed by atoms with Crippen LogP contribution in [0.3, 0.4) is 0 Å². The molecule has 1 atom stereocenters. The first kappa shape index (κ1) is 12.1. The Morgan fingerprint density at radius 3 is 2.05 bits per heavy atom. The Morgan fingerprint density at radius 1 is 1.00 bits per heavy atom. The van der Waals surface area contributed by atoms with Crippen molar-refractivity contribution >= 4 is 5.78 Å². The molecule has 0 N–H and O–H groups in total. The van der Waals surface area contributed by atoms with Gasteiger partial charge in [0.15, 0.2) is 11.4 Å². The van der Waals surface area contributed by atoms with Gasteiger partial charge in [0.2, 0.25) is 0 Å². The van der Waals surface area contributed by atoms with Crippen molar-refractivity contribution < 1.29 is 9.53 Å². The first-order chi connectivity index (χ1) is 9.79. The van der Waals surface area contributed by atoms with Crippen molar-refractivity contribution in [3.05, 3.63) is 59.8 Å². The van der Waals surface area contributed by atoms with Gasteiger partial charge in [0.25, 0.3) is 0 Å². The van der Waals surface area contributed by atoms with Gasteiger partial charge in [-0.1, -0.05) is 48.6 Å². The Labute approximate surface area is 119 Å². The zero-order valence-electron chi connectivity index (χ0n) is 11.6. The number of carbonyl (C=O) groups excluding carboxylic acids is 1. The highest BCUT2D eigenvalue weighted by Gasteiger charge is 2.63. The van der Waals surface area contributed by atoms with Crippen molar-refractivity contribution in [2.24, 2.45) is 17.8 Å². The first-order valence-corrected chi connectivity index (χ1v) is 7.33. The Kier molecular flexibility index (Phi) is 2.52. The molecular formula is C18H18O2. The van der Waals surface area contributed by atoms with Crippen molar-refractivity contribution in [1.29, 1.82) is 0 Å². The normalized spacial score (nSPS) is 32.8. The molecular weight excluding hydrogens is 248 g/mol. The van der Waals surface area contributed by atoms with Crippen LogP contribution in [0, 0.1) is 17.8 Å². The molecule has 0 saturated heterocycles. The van der Waals surface area contributed by atoms with Crippen molar-refractivity contribution in [1.82, 2.24) is 0 Å². The molecule has 4 rings (SSSR count). The van der Waals surface area contributed by atoms with Crippen LogP contribution < -0.4 is 0 Å². The second kappa shape index (κ2) is 4.16. The summed E-state index contributed by atoms with van der Waals surface area (Å²) in [4.78, 5) is 12.9. The van der Waals surface area contributed by atoms with Gasteiger partial charge in [0, 0.05) is 24.5 Å². The number of hydrogen-bond donors (Lipinski definition) is 0. The molecule has 0 bridgehead atoms. The summed E-state index contributed by atoms with van der Waals surface area (Å²) in [6.07, 6.45) is 18.9. The summed E-state index contributed by atoms with van der Waals surface area (Å²) in [6, 6.07) is 0. The molecule has 1 unspecified atom stereocenters. The number of Topliss-reactive ketones (excluding diaryl/α,β-unsaturated/α-hetero) is 1. The van der Waals surface area contributed by atoms with Crippen LogP contribution in [0.1, 0.15) is 12.8 Å². The molecule has 0 heterocycles. The fourth-order valence-electron chi connectivity index (χ4n) is 3.85. The third-order valence-electron chi connectivity index (χ3n) is 4.91. The van der Waals surface area contributed by atoms with Crippen molar-refractivity contribution in [3.8, 4) is 0 Å². The molecule has 102 valence electrons. The van der Waals surface area contributed by atoms with Gasteiger partial charge in [0.1, 0.15) is 0 Å². The number of allylic oxidation sites excluding steroid dienone is 8. The highest BCUT2D eigenvalue weighted by Crippen LogP contribution is 2.58. The van der Waals surface area contributed by atoms with E-state index >= 15 is 0 Å². The summed E-state index contributed by atoms with van der Waals surface area (Å²) in [5.41, 5.74) is 1.53. The second-order valence-corrected chi connectivity index (χ2v) is 5.96. The number of ether oxygens (including phenoxy) is 1. The largest absolute Gasteiger partial charge is 0.365 e. The lowest BCUT2D eigenvalue weighted by molar-refractivity contribution is -0.141. The van der Waals surface area contributed by atoms with Gasteiger partial charge in [-0.2, -0.15) is 0 Å². The number of rotatable bonds is 4.